The van der Waals surface area contributed by atoms with Crippen LogP contribution in [-0.4, -0.2) is 15.3 Å². The van der Waals surface area contributed by atoms with Gasteiger partial charge in [0.05, 0.1) is 0 Å². The van der Waals surface area contributed by atoms with Gasteiger partial charge in [-0.1, -0.05) is 0 Å². The van der Waals surface area contributed by atoms with Crippen LogP contribution in [0.3, 0.4) is 0 Å². The van der Waals surface area contributed by atoms with Crippen LogP contribution < -0.4 is 5.73 Å². The molecule has 0 aliphatic heterocycles. The summed E-state index contributed by atoms with van der Waals surface area (Å²) < 4.78 is 3.92. The minimum atomic E-state index is -0.443. The molecule has 0 fully saturated rings. The zero-order chi connectivity index (χ0) is 8.43. The zero-order valence-corrected chi connectivity index (χ0v) is 7.10. The topological polar surface area (TPSA) is 68.9 Å². The molecule has 1 heterocycles. The first-order chi connectivity index (χ1) is 5.11. The highest BCUT2D eigenvalue weighted by atomic mass is 32.1. The lowest BCUT2D eigenvalue weighted by atomic mass is 10.2. The summed E-state index contributed by atoms with van der Waals surface area (Å²) in [6, 6.07) is 0. The smallest absolute Gasteiger partial charge is 0.231 e. The number of hydrogen-bond acceptors (Lipinski definition) is 4. The molecule has 0 aliphatic rings. The molecule has 5 heteroatoms. The maximum absolute atomic E-state index is 10.6. The van der Waals surface area contributed by atoms with Crippen molar-refractivity contribution in [3.8, 4) is 0 Å². The van der Waals surface area contributed by atoms with Crippen molar-refractivity contribution in [2.75, 3.05) is 0 Å². The summed E-state index contributed by atoms with van der Waals surface area (Å²) >= 11 is 1.19. The Balaban J connectivity index is 2.84. The summed E-state index contributed by atoms with van der Waals surface area (Å²) in [5.74, 6) is 0.697. The lowest BCUT2D eigenvalue weighted by Gasteiger charge is -1.97. The van der Waals surface area contributed by atoms with Crippen molar-refractivity contribution in [3.05, 3.63) is 16.7 Å². The molecule has 0 aromatic carbocycles. The third-order valence-electron chi connectivity index (χ3n) is 1.22. The number of aryl methyl sites for hydroxylation is 1. The van der Waals surface area contributed by atoms with Crippen LogP contribution in [0.15, 0.2) is 0 Å². The summed E-state index contributed by atoms with van der Waals surface area (Å²) in [4.78, 5) is 14.6. The minimum absolute atomic E-state index is 0.443. The zero-order valence-electron chi connectivity index (χ0n) is 6.29. The van der Waals surface area contributed by atoms with E-state index in [-0.39, 0.29) is 0 Å². The molecular formula is C6H8N3OS. The van der Waals surface area contributed by atoms with E-state index >= 15 is 0 Å². The van der Waals surface area contributed by atoms with Crippen LogP contribution in [0, 0.1) is 12.8 Å². The largest absolute Gasteiger partial charge is 0.369 e. The van der Waals surface area contributed by atoms with Crippen LogP contribution in [0.2, 0.25) is 0 Å². The highest BCUT2D eigenvalue weighted by Crippen LogP contribution is 2.14. The van der Waals surface area contributed by atoms with Gasteiger partial charge in [-0.2, -0.15) is 4.37 Å². The minimum Gasteiger partial charge on any atom is -0.369 e. The van der Waals surface area contributed by atoms with Gasteiger partial charge in [0, 0.05) is 0 Å². The number of carbonyl (C=O) groups excluding carboxylic acids is 1. The highest BCUT2D eigenvalue weighted by molar-refractivity contribution is 7.06. The summed E-state index contributed by atoms with van der Waals surface area (Å²) in [7, 11) is 0. The van der Waals surface area contributed by atoms with E-state index in [4.69, 9.17) is 5.73 Å². The SMILES string of the molecule is C[C](C(N)=O)c1nc(C)ns1. The Morgan fingerprint density at radius 2 is 2.27 bits per heavy atom. The Kier molecular flexibility index (Phi) is 2.19. The van der Waals surface area contributed by atoms with Gasteiger partial charge in [0.15, 0.2) is 0 Å². The van der Waals surface area contributed by atoms with Crippen LogP contribution in [0.5, 0.6) is 0 Å². The number of nitrogens with two attached hydrogens (primary N) is 1. The fourth-order valence-corrected chi connectivity index (χ4v) is 1.22. The molecule has 0 bridgehead atoms. The Labute approximate surface area is 68.6 Å². The van der Waals surface area contributed by atoms with Crippen LogP contribution in [0.1, 0.15) is 17.8 Å². The lowest BCUT2D eigenvalue weighted by Crippen LogP contribution is -2.19. The van der Waals surface area contributed by atoms with E-state index in [0.717, 1.165) is 0 Å². The normalized spacial score (nSPS) is 10.5. The van der Waals surface area contributed by atoms with Gasteiger partial charge in [-0.15, -0.1) is 0 Å². The lowest BCUT2D eigenvalue weighted by molar-refractivity contribution is -0.115. The summed E-state index contributed by atoms with van der Waals surface area (Å²) in [5.41, 5.74) is 5.04. The van der Waals surface area contributed by atoms with Gasteiger partial charge in [0.2, 0.25) is 5.91 Å². The highest BCUT2D eigenvalue weighted by Gasteiger charge is 2.16. The summed E-state index contributed by atoms with van der Waals surface area (Å²) in [6.45, 7) is 3.41. The summed E-state index contributed by atoms with van der Waals surface area (Å²) in [6.07, 6.45) is 0. The van der Waals surface area contributed by atoms with Gasteiger partial charge in [-0.25, -0.2) is 4.98 Å². The van der Waals surface area contributed by atoms with Gasteiger partial charge >= 0.3 is 0 Å². The maximum atomic E-state index is 10.6. The maximum Gasteiger partial charge on any atom is 0.231 e. The van der Waals surface area contributed by atoms with E-state index in [1.807, 2.05) is 0 Å². The molecule has 0 spiro atoms. The average Bonchev–Trinajstić information content (AvgIpc) is 2.34. The molecule has 1 amide bonds. The first kappa shape index (κ1) is 8.13. The number of aromatic nitrogens is 2. The molecule has 0 aliphatic carbocycles. The quantitative estimate of drug-likeness (QED) is 0.692. The first-order valence-corrected chi connectivity index (χ1v) is 3.82. The molecule has 0 atom stereocenters. The molecule has 1 rings (SSSR count). The van der Waals surface area contributed by atoms with Crippen LogP contribution >= 0.6 is 11.5 Å². The fraction of sp³-hybridized carbons (Fsp3) is 0.333. The second-order valence-corrected chi connectivity index (χ2v) is 2.89. The molecule has 1 aromatic heterocycles. The van der Waals surface area contributed by atoms with E-state index in [2.05, 4.69) is 9.36 Å². The molecule has 0 saturated carbocycles. The van der Waals surface area contributed by atoms with Crippen molar-refractivity contribution in [1.29, 1.82) is 0 Å². The van der Waals surface area contributed by atoms with Gasteiger partial charge in [0.1, 0.15) is 16.7 Å². The van der Waals surface area contributed by atoms with E-state index in [9.17, 15) is 4.79 Å². The van der Waals surface area contributed by atoms with Crippen molar-refractivity contribution in [2.24, 2.45) is 5.73 Å². The Hall–Kier alpha value is -0.970. The van der Waals surface area contributed by atoms with E-state index in [0.29, 0.717) is 16.7 Å². The molecule has 59 valence electrons. The summed E-state index contributed by atoms with van der Waals surface area (Å²) in [5, 5.41) is 0.606. The molecule has 11 heavy (non-hydrogen) atoms. The molecule has 0 saturated heterocycles. The number of carbonyl (C=O) groups is 1. The first-order valence-electron chi connectivity index (χ1n) is 3.05. The van der Waals surface area contributed by atoms with Crippen molar-refractivity contribution in [2.45, 2.75) is 13.8 Å². The molecule has 0 unspecified atom stereocenters. The monoisotopic (exact) mass is 170 g/mol. The van der Waals surface area contributed by atoms with E-state index < -0.39 is 5.91 Å². The van der Waals surface area contributed by atoms with Gasteiger partial charge in [-0.05, 0) is 25.4 Å². The Morgan fingerprint density at radius 1 is 1.64 bits per heavy atom. The van der Waals surface area contributed by atoms with Gasteiger partial charge < -0.3 is 5.73 Å². The standard InChI is InChI=1S/C6H8N3OS/c1-3(5(7)10)6-8-4(2)9-11-6/h1-2H3,(H2,7,10). The number of primary amides is 1. The van der Waals surface area contributed by atoms with E-state index in [1.165, 1.54) is 11.5 Å². The second-order valence-electron chi connectivity index (χ2n) is 2.14. The molecular weight excluding hydrogens is 162 g/mol. The fourth-order valence-electron chi connectivity index (χ4n) is 0.555. The third-order valence-corrected chi connectivity index (χ3v) is 2.14. The third kappa shape index (κ3) is 1.74. The van der Waals surface area contributed by atoms with Gasteiger partial charge in [-0.3, -0.25) is 4.79 Å². The van der Waals surface area contributed by atoms with Crippen molar-refractivity contribution < 1.29 is 4.79 Å². The predicted octanol–water partition coefficient (Wildman–Crippen LogP) is 0.274. The van der Waals surface area contributed by atoms with Crippen LogP contribution in [0.4, 0.5) is 0 Å². The molecule has 1 aromatic rings. The van der Waals surface area contributed by atoms with E-state index in [1.54, 1.807) is 13.8 Å². The van der Waals surface area contributed by atoms with Crippen molar-refractivity contribution in [1.82, 2.24) is 9.36 Å². The predicted molar refractivity (Wildman–Crippen MR) is 41.9 cm³/mol. The van der Waals surface area contributed by atoms with Gasteiger partial charge in [0.25, 0.3) is 0 Å². The Bertz CT molecular complexity index is 271. The average molecular weight is 170 g/mol. The molecule has 4 nitrogen and oxygen atoms in total. The number of amides is 1. The Morgan fingerprint density at radius 3 is 2.64 bits per heavy atom. The number of rotatable bonds is 2. The second kappa shape index (κ2) is 2.96. The van der Waals surface area contributed by atoms with Crippen LogP contribution in [-0.2, 0) is 4.79 Å². The number of nitrogens with zero attached hydrogens (tertiary/aromatic N) is 2. The molecule has 2 N–H and O–H groups in total. The van der Waals surface area contributed by atoms with Crippen molar-refractivity contribution >= 4 is 17.4 Å². The van der Waals surface area contributed by atoms with Crippen molar-refractivity contribution in [3.63, 3.8) is 0 Å². The van der Waals surface area contributed by atoms with Crippen LogP contribution in [0.25, 0.3) is 0 Å². The number of hydrogen-bond donors (Lipinski definition) is 1. The molecule has 1 radical (unpaired) electrons.